The molecule has 0 unspecified atom stereocenters. The first-order valence-corrected chi connectivity index (χ1v) is 6.41. The molecule has 20 heavy (non-hydrogen) atoms. The average Bonchev–Trinajstić information content (AvgIpc) is 2.41. The number of amidine groups is 1. The molecule has 0 aliphatic carbocycles. The molecule has 104 valence electrons. The summed E-state index contributed by atoms with van der Waals surface area (Å²) in [5.41, 5.74) is 8.27. The molecule has 2 aromatic carbocycles. The minimum atomic E-state index is -0.0265. The van der Waals surface area contributed by atoms with Gasteiger partial charge in [-0.2, -0.15) is 0 Å². The third-order valence-electron chi connectivity index (χ3n) is 2.88. The van der Waals surface area contributed by atoms with Crippen molar-refractivity contribution < 1.29 is 9.94 Å². The molecule has 0 saturated carbocycles. The van der Waals surface area contributed by atoms with Crippen LogP contribution in [0.2, 0.25) is 5.02 Å². The minimum Gasteiger partial charge on any atom is -0.456 e. The number of benzene rings is 2. The highest BCUT2D eigenvalue weighted by Gasteiger charge is 2.11. The maximum atomic E-state index is 8.81. The maximum Gasteiger partial charge on any atom is 0.173 e. The van der Waals surface area contributed by atoms with Gasteiger partial charge in [-0.15, -0.1) is 0 Å². The van der Waals surface area contributed by atoms with Crippen molar-refractivity contribution >= 4 is 17.4 Å². The molecule has 2 aromatic rings. The van der Waals surface area contributed by atoms with Crippen molar-refractivity contribution in [2.75, 3.05) is 0 Å². The van der Waals surface area contributed by atoms with Gasteiger partial charge in [0, 0.05) is 11.1 Å². The summed E-state index contributed by atoms with van der Waals surface area (Å²) >= 11 is 5.97. The second-order valence-electron chi connectivity index (χ2n) is 4.50. The van der Waals surface area contributed by atoms with Crippen LogP contribution in [-0.4, -0.2) is 11.0 Å². The quantitative estimate of drug-likeness (QED) is 0.390. The molecule has 0 spiro atoms. The third kappa shape index (κ3) is 3.03. The standard InChI is InChI=1S/C15H15ClN2O2/c1-9-3-6-13(10(2)7-9)20-14-8-11(16)4-5-12(14)15(17)18-19/h3-8,19H,1-2H3,(H2,17,18). The van der Waals surface area contributed by atoms with Crippen molar-refractivity contribution in [3.63, 3.8) is 0 Å². The highest BCUT2D eigenvalue weighted by molar-refractivity contribution is 6.30. The minimum absolute atomic E-state index is 0.0265. The van der Waals surface area contributed by atoms with Crippen LogP contribution in [0.1, 0.15) is 16.7 Å². The summed E-state index contributed by atoms with van der Waals surface area (Å²) < 4.78 is 5.84. The predicted octanol–water partition coefficient (Wildman–Crippen LogP) is 3.84. The van der Waals surface area contributed by atoms with E-state index < -0.39 is 0 Å². The van der Waals surface area contributed by atoms with E-state index in [0.29, 0.717) is 22.1 Å². The van der Waals surface area contributed by atoms with Gasteiger partial charge in [0.1, 0.15) is 11.5 Å². The summed E-state index contributed by atoms with van der Waals surface area (Å²) in [6.07, 6.45) is 0. The van der Waals surface area contributed by atoms with E-state index >= 15 is 0 Å². The van der Waals surface area contributed by atoms with Crippen LogP contribution in [0.4, 0.5) is 0 Å². The molecule has 0 saturated heterocycles. The Hall–Kier alpha value is -2.20. The van der Waals surface area contributed by atoms with Gasteiger partial charge in [0.05, 0.1) is 5.56 Å². The van der Waals surface area contributed by atoms with Gasteiger partial charge in [0.25, 0.3) is 0 Å². The van der Waals surface area contributed by atoms with Gasteiger partial charge in [0.2, 0.25) is 0 Å². The van der Waals surface area contributed by atoms with E-state index in [4.69, 9.17) is 27.3 Å². The van der Waals surface area contributed by atoms with Gasteiger partial charge in [0.15, 0.2) is 5.84 Å². The Kier molecular flexibility index (Phi) is 4.15. The highest BCUT2D eigenvalue weighted by Crippen LogP contribution is 2.30. The van der Waals surface area contributed by atoms with Crippen LogP contribution >= 0.6 is 11.6 Å². The van der Waals surface area contributed by atoms with Gasteiger partial charge in [-0.25, -0.2) is 0 Å². The summed E-state index contributed by atoms with van der Waals surface area (Å²) in [6.45, 7) is 3.97. The van der Waals surface area contributed by atoms with Crippen LogP contribution in [0.3, 0.4) is 0 Å². The Morgan fingerprint density at radius 3 is 2.55 bits per heavy atom. The first kappa shape index (κ1) is 14.2. The van der Waals surface area contributed by atoms with Crippen molar-refractivity contribution in [3.05, 3.63) is 58.1 Å². The Morgan fingerprint density at radius 2 is 1.90 bits per heavy atom. The topological polar surface area (TPSA) is 67.8 Å². The van der Waals surface area contributed by atoms with Crippen LogP contribution in [0.25, 0.3) is 0 Å². The SMILES string of the molecule is Cc1ccc(Oc2cc(Cl)ccc2C(N)=NO)c(C)c1. The van der Waals surface area contributed by atoms with Gasteiger partial charge in [-0.05, 0) is 37.6 Å². The summed E-state index contributed by atoms with van der Waals surface area (Å²) in [4.78, 5) is 0. The lowest BCUT2D eigenvalue weighted by Crippen LogP contribution is -2.14. The molecule has 0 fully saturated rings. The number of nitrogens with two attached hydrogens (primary N) is 1. The smallest absolute Gasteiger partial charge is 0.173 e. The van der Waals surface area contributed by atoms with Crippen LogP contribution < -0.4 is 10.5 Å². The van der Waals surface area contributed by atoms with Gasteiger partial charge >= 0.3 is 0 Å². The molecule has 0 radical (unpaired) electrons. The molecule has 0 aromatic heterocycles. The molecular formula is C15H15ClN2O2. The zero-order valence-electron chi connectivity index (χ0n) is 11.2. The Balaban J connectivity index is 2.44. The molecular weight excluding hydrogens is 276 g/mol. The molecule has 2 rings (SSSR count). The fourth-order valence-corrected chi connectivity index (χ4v) is 2.04. The molecule has 0 amide bonds. The Bertz CT molecular complexity index is 669. The van der Waals surface area contributed by atoms with E-state index in [2.05, 4.69) is 5.16 Å². The molecule has 0 aliphatic heterocycles. The van der Waals surface area contributed by atoms with Crippen LogP contribution in [-0.2, 0) is 0 Å². The van der Waals surface area contributed by atoms with Crippen LogP contribution in [0, 0.1) is 13.8 Å². The van der Waals surface area contributed by atoms with E-state index in [1.807, 2.05) is 32.0 Å². The third-order valence-corrected chi connectivity index (χ3v) is 3.11. The molecule has 0 aliphatic rings. The number of rotatable bonds is 3. The fourth-order valence-electron chi connectivity index (χ4n) is 1.88. The maximum absolute atomic E-state index is 8.81. The summed E-state index contributed by atoms with van der Waals surface area (Å²) in [6, 6.07) is 10.8. The van der Waals surface area contributed by atoms with Crippen molar-refractivity contribution in [3.8, 4) is 11.5 Å². The zero-order chi connectivity index (χ0) is 14.7. The second kappa shape index (κ2) is 5.84. The first-order valence-electron chi connectivity index (χ1n) is 6.04. The fraction of sp³-hybridized carbons (Fsp3) is 0.133. The van der Waals surface area contributed by atoms with Crippen molar-refractivity contribution in [1.29, 1.82) is 0 Å². The Morgan fingerprint density at radius 1 is 1.15 bits per heavy atom. The van der Waals surface area contributed by atoms with Gasteiger partial charge in [-0.3, -0.25) is 0 Å². The summed E-state index contributed by atoms with van der Waals surface area (Å²) in [5, 5.41) is 12.3. The largest absolute Gasteiger partial charge is 0.456 e. The highest BCUT2D eigenvalue weighted by atomic mass is 35.5. The van der Waals surface area contributed by atoms with Crippen molar-refractivity contribution in [2.45, 2.75) is 13.8 Å². The molecule has 0 atom stereocenters. The first-order chi connectivity index (χ1) is 9.51. The monoisotopic (exact) mass is 290 g/mol. The molecule has 0 bridgehead atoms. The van der Waals surface area contributed by atoms with E-state index in [1.165, 1.54) is 0 Å². The number of aryl methyl sites for hydroxylation is 2. The van der Waals surface area contributed by atoms with E-state index in [0.717, 1.165) is 11.1 Å². The number of hydrogen-bond acceptors (Lipinski definition) is 3. The lowest BCUT2D eigenvalue weighted by atomic mass is 10.1. The molecule has 3 N–H and O–H groups in total. The number of oxime groups is 1. The van der Waals surface area contributed by atoms with Gasteiger partial charge < -0.3 is 15.7 Å². The van der Waals surface area contributed by atoms with E-state index in [9.17, 15) is 0 Å². The average molecular weight is 291 g/mol. The number of halogens is 1. The number of nitrogens with zero attached hydrogens (tertiary/aromatic N) is 1. The van der Waals surface area contributed by atoms with Crippen LogP contribution in [0.15, 0.2) is 41.6 Å². The predicted molar refractivity (Wildman–Crippen MR) is 80.0 cm³/mol. The molecule has 0 heterocycles. The van der Waals surface area contributed by atoms with E-state index in [1.54, 1.807) is 18.2 Å². The molecule has 4 nitrogen and oxygen atoms in total. The molecule has 5 heteroatoms. The van der Waals surface area contributed by atoms with E-state index in [-0.39, 0.29) is 5.84 Å². The second-order valence-corrected chi connectivity index (χ2v) is 4.93. The van der Waals surface area contributed by atoms with Crippen LogP contribution in [0.5, 0.6) is 11.5 Å². The summed E-state index contributed by atoms with van der Waals surface area (Å²) in [7, 11) is 0. The normalized spacial score (nSPS) is 11.4. The number of hydrogen-bond donors (Lipinski definition) is 2. The Labute approximate surface area is 122 Å². The number of ether oxygens (including phenoxy) is 1. The summed E-state index contributed by atoms with van der Waals surface area (Å²) in [5.74, 6) is 1.12. The van der Waals surface area contributed by atoms with Crippen molar-refractivity contribution in [1.82, 2.24) is 0 Å². The van der Waals surface area contributed by atoms with Gasteiger partial charge in [-0.1, -0.05) is 34.5 Å². The zero-order valence-corrected chi connectivity index (χ0v) is 12.0. The lowest BCUT2D eigenvalue weighted by molar-refractivity contribution is 0.318. The van der Waals surface area contributed by atoms with Crippen molar-refractivity contribution in [2.24, 2.45) is 10.9 Å². The lowest BCUT2D eigenvalue weighted by Gasteiger charge is -2.13.